The van der Waals surface area contributed by atoms with Crippen molar-refractivity contribution in [2.45, 2.75) is 6.92 Å². The van der Waals surface area contributed by atoms with Gasteiger partial charge in [0.25, 0.3) is 5.91 Å². The Morgan fingerprint density at radius 2 is 2.04 bits per heavy atom. The van der Waals surface area contributed by atoms with Crippen LogP contribution in [0.3, 0.4) is 0 Å². The average Bonchev–Trinajstić information content (AvgIpc) is 3.08. The number of hydrogen-bond acceptors (Lipinski definition) is 5. The van der Waals surface area contributed by atoms with Crippen LogP contribution in [0.5, 0.6) is 11.5 Å². The topological polar surface area (TPSA) is 84.6 Å². The van der Waals surface area contributed by atoms with Crippen LogP contribution in [0.4, 0.5) is 5.69 Å². The van der Waals surface area contributed by atoms with Crippen LogP contribution in [0.2, 0.25) is 5.02 Å². The van der Waals surface area contributed by atoms with Crippen LogP contribution in [-0.2, 0) is 0 Å². The number of nitrogens with zero attached hydrogens (tertiary/aromatic N) is 1. The van der Waals surface area contributed by atoms with E-state index in [9.17, 15) is 9.90 Å². The maximum atomic E-state index is 12.4. The number of ether oxygens (including phenoxy) is 1. The number of nitrogens with one attached hydrogen (secondary N) is 1. The van der Waals surface area contributed by atoms with Gasteiger partial charge in [-0.3, -0.25) is 4.79 Å². The molecule has 0 aliphatic heterocycles. The molecule has 0 radical (unpaired) electrons. The van der Waals surface area contributed by atoms with Crippen molar-refractivity contribution >= 4 is 23.2 Å². The Morgan fingerprint density at radius 3 is 2.76 bits per heavy atom. The van der Waals surface area contributed by atoms with Crippen LogP contribution in [0, 0.1) is 6.92 Å². The zero-order valence-electron chi connectivity index (χ0n) is 13.5. The first-order chi connectivity index (χ1) is 12.0. The number of hydrogen-bond donors (Lipinski definition) is 2. The molecule has 0 saturated heterocycles. The van der Waals surface area contributed by atoms with E-state index in [1.165, 1.54) is 13.2 Å². The zero-order chi connectivity index (χ0) is 18.0. The summed E-state index contributed by atoms with van der Waals surface area (Å²) in [5.41, 5.74) is 1.89. The lowest BCUT2D eigenvalue weighted by molar-refractivity contribution is 0.101. The van der Waals surface area contributed by atoms with Gasteiger partial charge in [0.2, 0.25) is 0 Å². The molecule has 0 bridgehead atoms. The summed E-state index contributed by atoms with van der Waals surface area (Å²) in [6.07, 6.45) is 0. The number of halogens is 1. The summed E-state index contributed by atoms with van der Waals surface area (Å²) in [5.74, 6) is 0.527. The third-order valence-electron chi connectivity index (χ3n) is 3.65. The van der Waals surface area contributed by atoms with Gasteiger partial charge in [0, 0.05) is 16.7 Å². The van der Waals surface area contributed by atoms with Gasteiger partial charge in [-0.05, 0) is 36.8 Å². The molecule has 1 aromatic heterocycles. The summed E-state index contributed by atoms with van der Waals surface area (Å²) in [4.78, 5) is 12.4. The first kappa shape index (κ1) is 16.9. The lowest BCUT2D eigenvalue weighted by Crippen LogP contribution is -2.12. The number of phenolic OH excluding ortho intramolecular Hbond substituents is 1. The molecular formula is C18H15ClN2O4. The number of carbonyl (C=O) groups is 1. The van der Waals surface area contributed by atoms with Crippen LogP contribution in [0.15, 0.2) is 47.0 Å². The van der Waals surface area contributed by atoms with Gasteiger partial charge in [-0.25, -0.2) is 0 Å². The van der Waals surface area contributed by atoms with E-state index in [-0.39, 0.29) is 11.4 Å². The molecule has 0 aliphatic rings. The predicted octanol–water partition coefficient (Wildman–Crippen LogP) is 4.27. The normalized spacial score (nSPS) is 10.5. The number of anilines is 1. The Morgan fingerprint density at radius 1 is 1.24 bits per heavy atom. The molecule has 0 saturated carbocycles. The van der Waals surface area contributed by atoms with Crippen LogP contribution < -0.4 is 10.1 Å². The minimum atomic E-state index is -0.466. The molecule has 2 N–H and O–H groups in total. The van der Waals surface area contributed by atoms with Crippen LogP contribution in [0.25, 0.3) is 11.3 Å². The third kappa shape index (κ3) is 3.59. The minimum Gasteiger partial charge on any atom is -0.508 e. The van der Waals surface area contributed by atoms with Crippen molar-refractivity contribution in [2.24, 2.45) is 0 Å². The number of aryl methyl sites for hydroxylation is 1. The molecule has 1 amide bonds. The van der Waals surface area contributed by atoms with E-state index in [0.29, 0.717) is 27.8 Å². The maximum absolute atomic E-state index is 12.4. The molecule has 25 heavy (non-hydrogen) atoms. The number of phenols is 1. The molecule has 3 aromatic rings. The highest BCUT2D eigenvalue weighted by molar-refractivity contribution is 6.31. The van der Waals surface area contributed by atoms with E-state index in [1.807, 2.05) is 0 Å². The van der Waals surface area contributed by atoms with Crippen molar-refractivity contribution in [1.82, 2.24) is 5.16 Å². The predicted molar refractivity (Wildman–Crippen MR) is 94.3 cm³/mol. The molecule has 3 rings (SSSR count). The summed E-state index contributed by atoms with van der Waals surface area (Å²) < 4.78 is 10.4. The Balaban J connectivity index is 1.83. The van der Waals surface area contributed by atoms with Gasteiger partial charge in [-0.2, -0.15) is 0 Å². The highest BCUT2D eigenvalue weighted by Gasteiger charge is 2.16. The molecule has 0 aliphatic carbocycles. The molecule has 7 heteroatoms. The van der Waals surface area contributed by atoms with Gasteiger partial charge in [-0.1, -0.05) is 28.9 Å². The molecule has 6 nitrogen and oxygen atoms in total. The first-order valence-electron chi connectivity index (χ1n) is 7.39. The summed E-state index contributed by atoms with van der Waals surface area (Å²) in [6, 6.07) is 11.5. The molecule has 128 valence electrons. The monoisotopic (exact) mass is 358 g/mol. The second-order valence-corrected chi connectivity index (χ2v) is 5.81. The quantitative estimate of drug-likeness (QED) is 0.727. The number of aromatic hydroxyl groups is 1. The van der Waals surface area contributed by atoms with Gasteiger partial charge in [0.05, 0.1) is 12.8 Å². The first-order valence-corrected chi connectivity index (χ1v) is 7.77. The van der Waals surface area contributed by atoms with Gasteiger partial charge in [0.15, 0.2) is 11.5 Å². The van der Waals surface area contributed by atoms with Gasteiger partial charge in [-0.15, -0.1) is 0 Å². The fourth-order valence-electron chi connectivity index (χ4n) is 2.25. The van der Waals surface area contributed by atoms with Crippen LogP contribution in [0.1, 0.15) is 16.1 Å². The standard InChI is InChI=1S/C18H15ClN2O4/c1-10-3-4-11(7-15(10)22)17-9-14(21-25-17)18(23)20-13-8-12(19)5-6-16(13)24-2/h3-9,22H,1-2H3,(H,20,23). The number of benzene rings is 2. The van der Waals surface area contributed by atoms with Crippen molar-refractivity contribution in [2.75, 3.05) is 12.4 Å². The van der Waals surface area contributed by atoms with E-state index in [4.69, 9.17) is 20.9 Å². The maximum Gasteiger partial charge on any atom is 0.277 e. The van der Waals surface area contributed by atoms with Gasteiger partial charge in [0.1, 0.15) is 11.5 Å². The highest BCUT2D eigenvalue weighted by atomic mass is 35.5. The number of aromatic nitrogens is 1. The molecule has 0 unspecified atom stereocenters. The Kier molecular flexibility index (Phi) is 4.63. The van der Waals surface area contributed by atoms with Gasteiger partial charge >= 0.3 is 0 Å². The molecule has 0 spiro atoms. The Labute approximate surface area is 149 Å². The summed E-state index contributed by atoms with van der Waals surface area (Å²) in [7, 11) is 1.50. The molecule has 0 atom stereocenters. The van der Waals surface area contributed by atoms with E-state index in [0.717, 1.165) is 5.56 Å². The Bertz CT molecular complexity index is 937. The largest absolute Gasteiger partial charge is 0.508 e. The summed E-state index contributed by atoms with van der Waals surface area (Å²) >= 11 is 5.95. The van der Waals surface area contributed by atoms with Crippen LogP contribution in [-0.4, -0.2) is 23.3 Å². The average molecular weight is 359 g/mol. The molecular weight excluding hydrogens is 344 g/mol. The van der Waals surface area contributed by atoms with Crippen LogP contribution >= 0.6 is 11.6 Å². The van der Waals surface area contributed by atoms with E-state index >= 15 is 0 Å². The van der Waals surface area contributed by atoms with Crippen molar-refractivity contribution < 1.29 is 19.2 Å². The lowest BCUT2D eigenvalue weighted by Gasteiger charge is -2.09. The summed E-state index contributed by atoms with van der Waals surface area (Å²) in [5, 5.41) is 16.7. The van der Waals surface area contributed by atoms with E-state index in [1.54, 1.807) is 43.3 Å². The molecule has 0 fully saturated rings. The molecule has 2 aromatic carbocycles. The minimum absolute atomic E-state index is 0.0945. The number of rotatable bonds is 4. The number of carbonyl (C=O) groups excluding carboxylic acids is 1. The highest BCUT2D eigenvalue weighted by Crippen LogP contribution is 2.29. The SMILES string of the molecule is COc1ccc(Cl)cc1NC(=O)c1cc(-c2ccc(C)c(O)c2)on1. The number of amides is 1. The van der Waals surface area contributed by atoms with Crippen molar-refractivity contribution in [3.8, 4) is 22.8 Å². The number of methoxy groups -OCH3 is 1. The smallest absolute Gasteiger partial charge is 0.277 e. The second kappa shape index (κ2) is 6.86. The fourth-order valence-corrected chi connectivity index (χ4v) is 2.42. The van der Waals surface area contributed by atoms with Gasteiger partial charge < -0.3 is 19.7 Å². The van der Waals surface area contributed by atoms with E-state index < -0.39 is 5.91 Å². The third-order valence-corrected chi connectivity index (χ3v) is 3.88. The van der Waals surface area contributed by atoms with Crippen molar-refractivity contribution in [1.29, 1.82) is 0 Å². The Hall–Kier alpha value is -2.99. The second-order valence-electron chi connectivity index (χ2n) is 5.38. The lowest BCUT2D eigenvalue weighted by atomic mass is 10.1. The summed E-state index contributed by atoms with van der Waals surface area (Å²) in [6.45, 7) is 1.79. The molecule has 1 heterocycles. The zero-order valence-corrected chi connectivity index (χ0v) is 14.3. The van der Waals surface area contributed by atoms with Crippen molar-refractivity contribution in [3.05, 3.63) is 58.7 Å². The fraction of sp³-hybridized carbons (Fsp3) is 0.111. The van der Waals surface area contributed by atoms with E-state index in [2.05, 4.69) is 10.5 Å². The van der Waals surface area contributed by atoms with Crippen molar-refractivity contribution in [3.63, 3.8) is 0 Å².